The van der Waals surface area contributed by atoms with E-state index >= 15 is 0 Å². The number of aromatic nitrogens is 1. The van der Waals surface area contributed by atoms with E-state index in [2.05, 4.69) is 20.9 Å². The zero-order valence-corrected chi connectivity index (χ0v) is 24.2. The third-order valence-corrected chi connectivity index (χ3v) is 7.23. The van der Waals surface area contributed by atoms with Gasteiger partial charge >= 0.3 is 0 Å². The average molecular weight is 613 g/mol. The second-order valence-corrected chi connectivity index (χ2v) is 10.4. The number of amides is 3. The number of fused-ring (bicyclic) bond motifs is 1. The standard InChI is InChI=1S/C33H34N5O7/c34-26(14-20-10-12-22(13-11-20)30(42)21-6-2-1-3-7-21)31(43)38-29(19-41)33(45)37-28(32(44)36-24(17-39)18-40)15-23-16-35-27-9-5-4-8-25(23)27/h1-13,16,24,26,28-29,35,39,41H,14-15,17,19,34H2,(H,36,44)(H,37,45)(H,38,43)/t24-,26-,28-,29-/m1/s1. The lowest BCUT2D eigenvalue weighted by Gasteiger charge is -2.24. The first-order valence-corrected chi connectivity index (χ1v) is 14.2. The molecule has 1 aromatic heterocycles. The van der Waals surface area contributed by atoms with Gasteiger partial charge in [0.25, 0.3) is 0 Å². The molecule has 4 aromatic rings. The molecule has 45 heavy (non-hydrogen) atoms. The van der Waals surface area contributed by atoms with Crippen LogP contribution in [-0.2, 0) is 32.0 Å². The number of carbonyl (C=O) groups excluding carboxylic acids is 5. The van der Waals surface area contributed by atoms with Gasteiger partial charge in [-0.1, -0.05) is 72.8 Å². The molecule has 0 aliphatic heterocycles. The second-order valence-electron chi connectivity index (χ2n) is 10.4. The third kappa shape index (κ3) is 8.48. The number of para-hydroxylation sites is 1. The van der Waals surface area contributed by atoms with Crippen molar-refractivity contribution >= 4 is 40.7 Å². The van der Waals surface area contributed by atoms with Crippen molar-refractivity contribution in [3.8, 4) is 0 Å². The van der Waals surface area contributed by atoms with E-state index in [0.717, 1.165) is 10.9 Å². The zero-order chi connectivity index (χ0) is 32.3. The van der Waals surface area contributed by atoms with E-state index < -0.39 is 55.1 Å². The van der Waals surface area contributed by atoms with Gasteiger partial charge in [-0.3, -0.25) is 24.0 Å². The first-order chi connectivity index (χ1) is 21.7. The maximum atomic E-state index is 13.2. The Bertz CT molecular complexity index is 1640. The fourth-order valence-corrected chi connectivity index (χ4v) is 4.75. The van der Waals surface area contributed by atoms with Crippen LogP contribution >= 0.6 is 0 Å². The summed E-state index contributed by atoms with van der Waals surface area (Å²) in [4.78, 5) is 65.9. The molecule has 4 rings (SSSR count). The van der Waals surface area contributed by atoms with Gasteiger partial charge in [0, 0.05) is 34.6 Å². The highest BCUT2D eigenvalue weighted by atomic mass is 16.3. The number of rotatable bonds is 15. The highest BCUT2D eigenvalue weighted by Crippen LogP contribution is 2.19. The Hall–Kier alpha value is -5.17. The van der Waals surface area contributed by atoms with E-state index in [1.807, 2.05) is 30.3 Å². The number of ketones is 1. The normalized spacial score (nSPS) is 13.7. The molecule has 3 amide bonds. The minimum Gasteiger partial charge on any atom is -0.394 e. The fourth-order valence-electron chi connectivity index (χ4n) is 4.75. The highest BCUT2D eigenvalue weighted by Gasteiger charge is 2.29. The smallest absolute Gasteiger partial charge is 0.245 e. The number of aliphatic hydroxyl groups excluding tert-OH is 2. The number of nitrogens with two attached hydrogens (primary N) is 1. The summed E-state index contributed by atoms with van der Waals surface area (Å²) >= 11 is 0. The quantitative estimate of drug-likeness (QED) is 0.0913. The molecule has 0 spiro atoms. The van der Waals surface area contributed by atoms with E-state index in [1.165, 1.54) is 6.29 Å². The van der Waals surface area contributed by atoms with Crippen molar-refractivity contribution in [3.05, 3.63) is 107 Å². The van der Waals surface area contributed by atoms with E-state index in [9.17, 15) is 34.2 Å². The fraction of sp³-hybridized carbons (Fsp3) is 0.242. The van der Waals surface area contributed by atoms with Crippen LogP contribution in [0.15, 0.2) is 85.1 Å². The molecular formula is C33H34N5O7. The lowest BCUT2D eigenvalue weighted by molar-refractivity contribution is -0.133. The lowest BCUT2D eigenvalue weighted by Crippen LogP contribution is -2.58. The van der Waals surface area contributed by atoms with E-state index in [-0.39, 0.29) is 18.6 Å². The molecule has 233 valence electrons. The summed E-state index contributed by atoms with van der Waals surface area (Å²) in [5.74, 6) is -2.50. The van der Waals surface area contributed by atoms with Crippen LogP contribution in [0.5, 0.6) is 0 Å². The first kappa shape index (κ1) is 32.7. The predicted molar refractivity (Wildman–Crippen MR) is 166 cm³/mol. The summed E-state index contributed by atoms with van der Waals surface area (Å²) in [5, 5.41) is 27.3. The summed E-state index contributed by atoms with van der Waals surface area (Å²) < 4.78 is 0. The van der Waals surface area contributed by atoms with Crippen LogP contribution in [0.1, 0.15) is 27.0 Å². The van der Waals surface area contributed by atoms with Gasteiger partial charge in [-0.15, -0.1) is 0 Å². The van der Waals surface area contributed by atoms with E-state index in [0.29, 0.717) is 22.3 Å². The molecule has 0 aliphatic rings. The van der Waals surface area contributed by atoms with Crippen molar-refractivity contribution in [1.82, 2.24) is 20.9 Å². The van der Waals surface area contributed by atoms with Crippen LogP contribution in [0.2, 0.25) is 0 Å². The molecule has 1 heterocycles. The number of nitrogens with one attached hydrogen (secondary N) is 4. The summed E-state index contributed by atoms with van der Waals surface area (Å²) in [5.41, 5.74) is 9.29. The van der Waals surface area contributed by atoms with Crippen molar-refractivity contribution in [2.75, 3.05) is 13.2 Å². The molecule has 0 bridgehead atoms. The molecule has 8 N–H and O–H groups in total. The van der Waals surface area contributed by atoms with Gasteiger partial charge in [0.2, 0.25) is 24.0 Å². The van der Waals surface area contributed by atoms with Gasteiger partial charge in [-0.2, -0.15) is 0 Å². The summed E-state index contributed by atoms with van der Waals surface area (Å²) in [7, 11) is 0. The molecule has 0 saturated heterocycles. The largest absolute Gasteiger partial charge is 0.394 e. The topological polar surface area (TPSA) is 204 Å². The van der Waals surface area contributed by atoms with Crippen LogP contribution < -0.4 is 21.7 Å². The first-order valence-electron chi connectivity index (χ1n) is 14.2. The number of hydrogen-bond acceptors (Lipinski definition) is 8. The number of aromatic amines is 1. The Kier molecular flexibility index (Phi) is 11.3. The zero-order valence-electron chi connectivity index (χ0n) is 24.2. The van der Waals surface area contributed by atoms with Crippen molar-refractivity contribution in [3.63, 3.8) is 0 Å². The number of H-pyrrole nitrogens is 1. The molecule has 0 unspecified atom stereocenters. The summed E-state index contributed by atoms with van der Waals surface area (Å²) in [6.45, 7) is -1.48. The van der Waals surface area contributed by atoms with Gasteiger partial charge < -0.3 is 36.9 Å². The van der Waals surface area contributed by atoms with Crippen molar-refractivity contribution < 1.29 is 34.2 Å². The van der Waals surface area contributed by atoms with Crippen LogP contribution in [-0.4, -0.2) is 82.4 Å². The minimum absolute atomic E-state index is 0.00697. The minimum atomic E-state index is -1.45. The number of carbonyl (C=O) groups is 4. The molecule has 4 atom stereocenters. The lowest BCUT2D eigenvalue weighted by atomic mass is 9.99. The maximum Gasteiger partial charge on any atom is 0.245 e. The van der Waals surface area contributed by atoms with Crippen LogP contribution in [0.3, 0.4) is 0 Å². The molecule has 0 fully saturated rings. The van der Waals surface area contributed by atoms with Crippen LogP contribution in [0.25, 0.3) is 10.9 Å². The average Bonchev–Trinajstić information content (AvgIpc) is 3.48. The van der Waals surface area contributed by atoms with Gasteiger partial charge in [-0.25, -0.2) is 0 Å². The second kappa shape index (κ2) is 15.5. The molecule has 1 radical (unpaired) electrons. The summed E-state index contributed by atoms with van der Waals surface area (Å²) in [6, 6.07) is 17.7. The SMILES string of the molecule is N[C@H](Cc1ccc(C(=O)c2ccccc2)cc1)C(=O)N[C@H](CO)C(=O)N[C@H](Cc1c[nH]c2ccccc12)C(=O)N[C@@H]([C]=O)CO. The Morgan fingerprint density at radius 2 is 1.36 bits per heavy atom. The van der Waals surface area contributed by atoms with Gasteiger partial charge in [0.1, 0.15) is 18.1 Å². The number of hydrogen-bond donors (Lipinski definition) is 7. The van der Waals surface area contributed by atoms with Crippen LogP contribution in [0, 0.1) is 0 Å². The Morgan fingerprint density at radius 1 is 0.733 bits per heavy atom. The van der Waals surface area contributed by atoms with Crippen molar-refractivity contribution in [2.45, 2.75) is 37.0 Å². The molecule has 12 nitrogen and oxygen atoms in total. The highest BCUT2D eigenvalue weighted by molar-refractivity contribution is 6.09. The number of aliphatic hydroxyl groups is 2. The van der Waals surface area contributed by atoms with Crippen LogP contribution in [0.4, 0.5) is 0 Å². The van der Waals surface area contributed by atoms with Crippen molar-refractivity contribution in [2.24, 2.45) is 5.73 Å². The van der Waals surface area contributed by atoms with E-state index in [4.69, 9.17) is 5.73 Å². The molecule has 3 aromatic carbocycles. The Morgan fingerprint density at radius 3 is 2.02 bits per heavy atom. The Labute approximate surface area is 259 Å². The Balaban J connectivity index is 1.40. The van der Waals surface area contributed by atoms with Crippen molar-refractivity contribution in [1.29, 1.82) is 0 Å². The maximum absolute atomic E-state index is 13.2. The van der Waals surface area contributed by atoms with E-state index in [1.54, 1.807) is 54.7 Å². The summed E-state index contributed by atoms with van der Waals surface area (Å²) in [6.07, 6.45) is 3.27. The molecular weight excluding hydrogens is 578 g/mol. The predicted octanol–water partition coefficient (Wildman–Crippen LogP) is 0.0601. The van der Waals surface area contributed by atoms with Gasteiger partial charge in [0.05, 0.1) is 19.3 Å². The molecule has 0 saturated carbocycles. The molecule has 0 aliphatic carbocycles. The van der Waals surface area contributed by atoms with Gasteiger partial charge in [0.15, 0.2) is 5.78 Å². The monoisotopic (exact) mass is 612 g/mol. The van der Waals surface area contributed by atoms with Gasteiger partial charge in [-0.05, 0) is 23.6 Å². The molecule has 12 heteroatoms. The third-order valence-electron chi connectivity index (χ3n) is 7.23. The number of benzene rings is 3.